The number of H-pyrrole nitrogens is 1. The first-order chi connectivity index (χ1) is 15.9. The van der Waals surface area contributed by atoms with Crippen molar-refractivity contribution in [3.63, 3.8) is 0 Å². The molecule has 8 nitrogen and oxygen atoms in total. The summed E-state index contributed by atoms with van der Waals surface area (Å²) in [7, 11) is 0. The molecule has 1 fully saturated rings. The number of anilines is 3. The molecule has 4 aromatic rings. The van der Waals surface area contributed by atoms with Crippen molar-refractivity contribution in [2.75, 3.05) is 36.5 Å². The maximum absolute atomic E-state index is 14.6. The predicted molar refractivity (Wildman–Crippen MR) is 121 cm³/mol. The number of nitrogens with zero attached hydrogens (tertiary/aromatic N) is 5. The number of halogens is 2. The van der Waals surface area contributed by atoms with E-state index >= 15 is 0 Å². The van der Waals surface area contributed by atoms with Crippen LogP contribution in [-0.4, -0.2) is 51.1 Å². The first kappa shape index (κ1) is 21.3. The molecule has 1 aliphatic heterocycles. The van der Waals surface area contributed by atoms with Crippen LogP contribution in [0.5, 0.6) is 0 Å². The second-order valence-corrected chi connectivity index (χ2v) is 8.28. The molecule has 33 heavy (non-hydrogen) atoms. The number of hydrogen-bond donors (Lipinski definition) is 2. The molecule has 1 aliphatic rings. The molecule has 4 heterocycles. The minimum atomic E-state index is -0.603. The first-order valence-electron chi connectivity index (χ1n) is 10.9. The summed E-state index contributed by atoms with van der Waals surface area (Å²) >= 11 is 0. The molecular formula is C23H25F2N7O. The van der Waals surface area contributed by atoms with E-state index in [1.165, 1.54) is 12.1 Å². The van der Waals surface area contributed by atoms with E-state index in [2.05, 4.69) is 20.4 Å². The van der Waals surface area contributed by atoms with Gasteiger partial charge in [0.2, 0.25) is 0 Å². The average molecular weight is 453 g/mol. The zero-order valence-corrected chi connectivity index (χ0v) is 18.7. The average Bonchev–Trinajstić information content (AvgIpc) is 3.35. The van der Waals surface area contributed by atoms with Crippen LogP contribution in [0, 0.1) is 25.5 Å². The van der Waals surface area contributed by atoms with Crippen LogP contribution in [0.2, 0.25) is 0 Å². The van der Waals surface area contributed by atoms with Gasteiger partial charge in [-0.3, -0.25) is 5.10 Å². The first-order valence-corrected chi connectivity index (χ1v) is 10.9. The molecule has 0 spiro atoms. The Labute approximate surface area is 189 Å². The van der Waals surface area contributed by atoms with E-state index in [1.54, 1.807) is 4.52 Å². The van der Waals surface area contributed by atoms with Crippen molar-refractivity contribution >= 4 is 23.1 Å². The number of aryl methyl sites for hydroxylation is 2. The van der Waals surface area contributed by atoms with Crippen LogP contribution in [0.25, 0.3) is 5.65 Å². The summed E-state index contributed by atoms with van der Waals surface area (Å²) in [5.74, 6) is 0.538. The van der Waals surface area contributed by atoms with Gasteiger partial charge >= 0.3 is 0 Å². The summed E-state index contributed by atoms with van der Waals surface area (Å²) in [4.78, 5) is 7.02. The lowest BCUT2D eigenvalue weighted by Crippen LogP contribution is -2.37. The topological polar surface area (TPSA) is 83.4 Å². The Balaban J connectivity index is 1.66. The molecule has 10 heteroatoms. The number of fused-ring (bicyclic) bond motifs is 1. The van der Waals surface area contributed by atoms with Crippen molar-refractivity contribution in [3.05, 3.63) is 64.5 Å². The summed E-state index contributed by atoms with van der Waals surface area (Å²) in [6.07, 6.45) is 0. The predicted octanol–water partition coefficient (Wildman–Crippen LogP) is 4.08. The highest BCUT2D eigenvalue weighted by Crippen LogP contribution is 2.34. The van der Waals surface area contributed by atoms with Crippen molar-refractivity contribution in [2.24, 2.45) is 0 Å². The standard InChI is InChI=1S/C23H25F2N7O/c1-13-10-20(29-28-13)26-19-12-21(31-6-8-33-9-7-31)32-23(27-19)22(15(3)30-32)14(2)17-5-4-16(24)11-18(17)25/h4-5,10-12,14H,6-9H2,1-3H3,(H2,26,27,28,29)/t14-/m1/s1. The van der Waals surface area contributed by atoms with Crippen LogP contribution in [-0.2, 0) is 4.74 Å². The molecule has 0 bridgehead atoms. The Morgan fingerprint density at radius 1 is 1.09 bits per heavy atom. The Hall–Kier alpha value is -3.53. The van der Waals surface area contributed by atoms with Crippen molar-refractivity contribution < 1.29 is 13.5 Å². The molecule has 172 valence electrons. The smallest absolute Gasteiger partial charge is 0.163 e. The van der Waals surface area contributed by atoms with Crippen LogP contribution in [0.4, 0.5) is 26.2 Å². The molecule has 0 amide bonds. The van der Waals surface area contributed by atoms with Gasteiger partial charge in [-0.2, -0.15) is 14.7 Å². The van der Waals surface area contributed by atoms with Crippen molar-refractivity contribution in [1.82, 2.24) is 24.8 Å². The largest absolute Gasteiger partial charge is 0.378 e. The van der Waals surface area contributed by atoms with E-state index in [0.29, 0.717) is 36.1 Å². The number of aromatic amines is 1. The second kappa shape index (κ2) is 8.43. The normalized spacial score (nSPS) is 15.2. The summed E-state index contributed by atoms with van der Waals surface area (Å²) in [5, 5.41) is 15.2. The second-order valence-electron chi connectivity index (χ2n) is 8.28. The zero-order valence-electron chi connectivity index (χ0n) is 18.7. The summed E-state index contributed by atoms with van der Waals surface area (Å²) in [6, 6.07) is 7.48. The SMILES string of the molecule is Cc1cc(Nc2cc(N3CCOCC3)n3nc(C)c([C@H](C)c4ccc(F)cc4F)c3n2)n[nH]1. The molecule has 0 saturated carbocycles. The van der Waals surface area contributed by atoms with Crippen LogP contribution in [0.1, 0.15) is 35.4 Å². The number of rotatable bonds is 5. The van der Waals surface area contributed by atoms with Gasteiger partial charge in [0.25, 0.3) is 0 Å². The van der Waals surface area contributed by atoms with Gasteiger partial charge in [0.1, 0.15) is 23.3 Å². The summed E-state index contributed by atoms with van der Waals surface area (Å²) in [5.41, 5.74) is 3.46. The summed E-state index contributed by atoms with van der Waals surface area (Å²) in [6.45, 7) is 8.37. The highest BCUT2D eigenvalue weighted by atomic mass is 19.1. The number of benzene rings is 1. The number of nitrogens with one attached hydrogen (secondary N) is 2. The van der Waals surface area contributed by atoms with Crippen molar-refractivity contribution in [3.8, 4) is 0 Å². The van der Waals surface area contributed by atoms with Gasteiger partial charge in [-0.25, -0.2) is 13.8 Å². The maximum atomic E-state index is 14.6. The molecular weight excluding hydrogens is 428 g/mol. The fraction of sp³-hybridized carbons (Fsp3) is 0.348. The third-order valence-corrected chi connectivity index (χ3v) is 5.95. The Morgan fingerprint density at radius 2 is 1.88 bits per heavy atom. The van der Waals surface area contributed by atoms with Gasteiger partial charge in [0, 0.05) is 48.5 Å². The van der Waals surface area contributed by atoms with Crippen molar-refractivity contribution in [1.29, 1.82) is 0 Å². The Kier molecular flexibility index (Phi) is 5.45. The van der Waals surface area contributed by atoms with E-state index < -0.39 is 11.6 Å². The van der Waals surface area contributed by atoms with E-state index in [1.807, 2.05) is 32.9 Å². The monoisotopic (exact) mass is 453 g/mol. The molecule has 1 saturated heterocycles. The molecule has 0 aliphatic carbocycles. The lowest BCUT2D eigenvalue weighted by atomic mass is 9.92. The van der Waals surface area contributed by atoms with E-state index in [-0.39, 0.29) is 5.92 Å². The highest BCUT2D eigenvalue weighted by Gasteiger charge is 2.25. The minimum Gasteiger partial charge on any atom is -0.378 e. The van der Waals surface area contributed by atoms with Crippen LogP contribution >= 0.6 is 0 Å². The minimum absolute atomic E-state index is 0.379. The Bertz CT molecular complexity index is 1310. The number of morpholine rings is 1. The lowest BCUT2D eigenvalue weighted by Gasteiger charge is -2.29. The fourth-order valence-corrected chi connectivity index (χ4v) is 4.33. The highest BCUT2D eigenvalue weighted by molar-refractivity contribution is 5.67. The molecule has 0 unspecified atom stereocenters. The molecule has 5 rings (SSSR count). The van der Waals surface area contributed by atoms with Gasteiger partial charge in [-0.1, -0.05) is 13.0 Å². The van der Waals surface area contributed by atoms with E-state index in [9.17, 15) is 8.78 Å². The van der Waals surface area contributed by atoms with Crippen LogP contribution < -0.4 is 10.2 Å². The van der Waals surface area contributed by atoms with Gasteiger partial charge in [0.15, 0.2) is 11.5 Å². The lowest BCUT2D eigenvalue weighted by molar-refractivity contribution is 0.122. The van der Waals surface area contributed by atoms with Gasteiger partial charge < -0.3 is 15.0 Å². The molecule has 2 N–H and O–H groups in total. The molecule has 1 aromatic carbocycles. The molecule has 3 aromatic heterocycles. The number of ether oxygens (including phenoxy) is 1. The number of aromatic nitrogens is 5. The molecule has 1 atom stereocenters. The quantitative estimate of drug-likeness (QED) is 0.474. The molecule has 0 radical (unpaired) electrons. The zero-order chi connectivity index (χ0) is 23.1. The maximum Gasteiger partial charge on any atom is 0.163 e. The van der Waals surface area contributed by atoms with E-state index in [0.717, 1.165) is 41.9 Å². The van der Waals surface area contributed by atoms with Crippen LogP contribution in [0.3, 0.4) is 0 Å². The Morgan fingerprint density at radius 3 is 2.58 bits per heavy atom. The van der Waals surface area contributed by atoms with Gasteiger partial charge in [-0.05, 0) is 25.5 Å². The van der Waals surface area contributed by atoms with Gasteiger partial charge in [0.05, 0.1) is 18.9 Å². The van der Waals surface area contributed by atoms with Crippen LogP contribution in [0.15, 0.2) is 30.3 Å². The number of hydrogen-bond acceptors (Lipinski definition) is 6. The summed E-state index contributed by atoms with van der Waals surface area (Å²) < 4.78 is 35.5. The third kappa shape index (κ3) is 4.02. The van der Waals surface area contributed by atoms with E-state index in [4.69, 9.17) is 14.8 Å². The van der Waals surface area contributed by atoms with Gasteiger partial charge in [-0.15, -0.1) is 0 Å². The fourth-order valence-electron chi connectivity index (χ4n) is 4.33. The van der Waals surface area contributed by atoms with Crippen molar-refractivity contribution in [2.45, 2.75) is 26.7 Å². The third-order valence-electron chi connectivity index (χ3n) is 5.95.